The summed E-state index contributed by atoms with van der Waals surface area (Å²) >= 11 is 1.33. The van der Waals surface area contributed by atoms with E-state index in [-0.39, 0.29) is 29.4 Å². The van der Waals surface area contributed by atoms with Crippen molar-refractivity contribution in [2.24, 2.45) is 0 Å². The smallest absolute Gasteiger partial charge is 0.387 e. The average molecular weight is 463 g/mol. The Kier molecular flexibility index (Phi) is 9.34. The van der Waals surface area contributed by atoms with E-state index in [9.17, 15) is 18.4 Å². The first-order valence-electron chi connectivity index (χ1n) is 10.9. The van der Waals surface area contributed by atoms with Crippen LogP contribution in [0.3, 0.4) is 0 Å². The fourth-order valence-corrected chi connectivity index (χ4v) is 4.57. The number of hydrogen-bond acceptors (Lipinski definition) is 4. The van der Waals surface area contributed by atoms with Gasteiger partial charge in [-0.3, -0.25) is 9.59 Å². The molecule has 1 fully saturated rings. The van der Waals surface area contributed by atoms with E-state index in [0.29, 0.717) is 16.1 Å². The summed E-state index contributed by atoms with van der Waals surface area (Å²) in [5.74, 6) is -0.105. The summed E-state index contributed by atoms with van der Waals surface area (Å²) in [5.41, 5.74) is 0.905. The minimum absolute atomic E-state index is 0.0178. The molecule has 8 heteroatoms. The lowest BCUT2D eigenvalue weighted by Crippen LogP contribution is -2.36. The van der Waals surface area contributed by atoms with Gasteiger partial charge in [0.05, 0.1) is 11.3 Å². The van der Waals surface area contributed by atoms with Gasteiger partial charge in [-0.25, -0.2) is 0 Å². The highest BCUT2D eigenvalue weighted by atomic mass is 32.2. The normalized spacial score (nSPS) is 15.0. The molecule has 2 amide bonds. The zero-order valence-electron chi connectivity index (χ0n) is 17.8. The molecule has 0 unspecified atom stereocenters. The molecule has 0 atom stereocenters. The molecule has 0 radical (unpaired) electrons. The van der Waals surface area contributed by atoms with Gasteiger partial charge in [-0.05, 0) is 49.2 Å². The molecular formula is C24H28F2N2O3S. The van der Waals surface area contributed by atoms with Crippen molar-refractivity contribution < 1.29 is 23.1 Å². The highest BCUT2D eigenvalue weighted by Crippen LogP contribution is 2.25. The third-order valence-electron chi connectivity index (χ3n) is 5.30. The highest BCUT2D eigenvalue weighted by molar-refractivity contribution is 8.00. The van der Waals surface area contributed by atoms with E-state index in [1.807, 2.05) is 12.1 Å². The Labute approximate surface area is 191 Å². The topological polar surface area (TPSA) is 67.4 Å². The van der Waals surface area contributed by atoms with Gasteiger partial charge in [0.2, 0.25) is 5.91 Å². The molecule has 3 rings (SSSR count). The lowest BCUT2D eigenvalue weighted by molar-refractivity contribution is -0.119. The van der Waals surface area contributed by atoms with Crippen LogP contribution >= 0.6 is 11.8 Å². The average Bonchev–Trinajstić information content (AvgIpc) is 2.75. The molecule has 1 saturated carbocycles. The zero-order chi connectivity index (χ0) is 22.8. The Bertz CT molecular complexity index is 885. The van der Waals surface area contributed by atoms with E-state index >= 15 is 0 Å². The SMILES string of the molecule is O=C(CSc1ccccc1C(=O)Nc1ccc(OC(F)F)cc1)NC1CCCCCCC1. The number of alkyl halides is 2. The second-order valence-electron chi connectivity index (χ2n) is 7.75. The van der Waals surface area contributed by atoms with Crippen molar-refractivity contribution in [3.63, 3.8) is 0 Å². The molecular weight excluding hydrogens is 434 g/mol. The molecule has 0 bridgehead atoms. The molecule has 0 spiro atoms. The molecule has 1 aliphatic carbocycles. The summed E-state index contributed by atoms with van der Waals surface area (Å²) in [6, 6.07) is 13.0. The summed E-state index contributed by atoms with van der Waals surface area (Å²) in [6.07, 6.45) is 8.08. The zero-order valence-corrected chi connectivity index (χ0v) is 18.6. The van der Waals surface area contributed by atoms with Gasteiger partial charge in [-0.15, -0.1) is 11.8 Å². The van der Waals surface area contributed by atoms with E-state index in [2.05, 4.69) is 15.4 Å². The molecule has 0 aromatic heterocycles. The molecule has 2 N–H and O–H groups in total. The Morgan fingerprint density at radius 2 is 1.62 bits per heavy atom. The molecule has 5 nitrogen and oxygen atoms in total. The first kappa shape index (κ1) is 24.0. The van der Waals surface area contributed by atoms with Crippen LogP contribution in [0.25, 0.3) is 0 Å². The van der Waals surface area contributed by atoms with E-state index in [0.717, 1.165) is 25.7 Å². The van der Waals surface area contributed by atoms with Crippen molar-refractivity contribution in [2.45, 2.75) is 62.5 Å². The second-order valence-corrected chi connectivity index (χ2v) is 8.77. The number of amides is 2. The van der Waals surface area contributed by atoms with Gasteiger partial charge in [0.1, 0.15) is 5.75 Å². The van der Waals surface area contributed by atoms with Gasteiger partial charge in [0, 0.05) is 16.6 Å². The third kappa shape index (κ3) is 7.82. The van der Waals surface area contributed by atoms with Crippen LogP contribution in [-0.4, -0.2) is 30.2 Å². The first-order valence-corrected chi connectivity index (χ1v) is 11.9. The number of carbonyl (C=O) groups is 2. The van der Waals surface area contributed by atoms with Crippen LogP contribution in [0.5, 0.6) is 5.75 Å². The monoisotopic (exact) mass is 462 g/mol. The number of nitrogens with one attached hydrogen (secondary N) is 2. The molecule has 2 aromatic carbocycles. The standard InChI is InChI=1S/C24H28F2N2O3S/c25-24(26)31-19-14-12-18(13-15-19)28-23(30)20-10-6-7-11-21(20)32-16-22(29)27-17-8-4-2-1-3-5-9-17/h6-7,10-15,17,24H,1-5,8-9,16H2,(H,27,29)(H,28,30). The number of halogens is 2. The van der Waals surface area contributed by atoms with E-state index in [1.54, 1.807) is 12.1 Å². The van der Waals surface area contributed by atoms with Crippen molar-refractivity contribution in [3.05, 3.63) is 54.1 Å². The van der Waals surface area contributed by atoms with Gasteiger partial charge in [-0.2, -0.15) is 8.78 Å². The van der Waals surface area contributed by atoms with Crippen molar-refractivity contribution in [2.75, 3.05) is 11.1 Å². The molecule has 0 aliphatic heterocycles. The minimum atomic E-state index is -2.90. The fraction of sp³-hybridized carbons (Fsp3) is 0.417. The lowest BCUT2D eigenvalue weighted by Gasteiger charge is -2.21. The number of thioether (sulfide) groups is 1. The Hall–Kier alpha value is -2.61. The number of rotatable bonds is 8. The van der Waals surface area contributed by atoms with Crippen molar-refractivity contribution in [3.8, 4) is 5.75 Å². The minimum Gasteiger partial charge on any atom is -0.435 e. The summed E-state index contributed by atoms with van der Waals surface area (Å²) in [7, 11) is 0. The summed E-state index contributed by atoms with van der Waals surface area (Å²) in [5, 5.41) is 5.89. The van der Waals surface area contributed by atoms with Crippen molar-refractivity contribution in [1.82, 2.24) is 5.32 Å². The van der Waals surface area contributed by atoms with Gasteiger partial charge in [0.15, 0.2) is 0 Å². The number of hydrogen-bond donors (Lipinski definition) is 2. The van der Waals surface area contributed by atoms with Gasteiger partial charge in [0.25, 0.3) is 5.91 Å². The molecule has 2 aromatic rings. The van der Waals surface area contributed by atoms with Crippen LogP contribution in [0.4, 0.5) is 14.5 Å². The summed E-state index contributed by atoms with van der Waals surface area (Å²) in [6.45, 7) is -2.90. The van der Waals surface area contributed by atoms with E-state index < -0.39 is 6.61 Å². The molecule has 172 valence electrons. The van der Waals surface area contributed by atoms with Gasteiger partial charge >= 0.3 is 6.61 Å². The van der Waals surface area contributed by atoms with Crippen LogP contribution in [-0.2, 0) is 4.79 Å². The predicted octanol–water partition coefficient (Wildman–Crippen LogP) is 5.86. The number of ether oxygens (including phenoxy) is 1. The van der Waals surface area contributed by atoms with Crippen LogP contribution in [0.1, 0.15) is 55.3 Å². The maximum atomic E-state index is 12.8. The maximum Gasteiger partial charge on any atom is 0.387 e. The molecule has 0 saturated heterocycles. The van der Waals surface area contributed by atoms with E-state index in [4.69, 9.17) is 0 Å². The van der Waals surface area contributed by atoms with Crippen LogP contribution in [0.2, 0.25) is 0 Å². The van der Waals surface area contributed by atoms with Crippen LogP contribution in [0, 0.1) is 0 Å². The van der Waals surface area contributed by atoms with E-state index in [1.165, 1.54) is 55.3 Å². The molecule has 1 aliphatic rings. The number of carbonyl (C=O) groups excluding carboxylic acids is 2. The maximum absolute atomic E-state index is 12.8. The quantitative estimate of drug-likeness (QED) is 0.482. The van der Waals surface area contributed by atoms with Gasteiger partial charge < -0.3 is 15.4 Å². The molecule has 32 heavy (non-hydrogen) atoms. The third-order valence-corrected chi connectivity index (χ3v) is 6.37. The van der Waals surface area contributed by atoms with Crippen LogP contribution in [0.15, 0.2) is 53.4 Å². The number of anilines is 1. The lowest BCUT2D eigenvalue weighted by atomic mass is 9.97. The Morgan fingerprint density at radius 3 is 2.31 bits per heavy atom. The fourth-order valence-electron chi connectivity index (χ4n) is 3.71. The van der Waals surface area contributed by atoms with Gasteiger partial charge in [-0.1, -0.05) is 44.2 Å². The second kappa shape index (κ2) is 12.4. The Morgan fingerprint density at radius 1 is 0.969 bits per heavy atom. The summed E-state index contributed by atoms with van der Waals surface area (Å²) < 4.78 is 28.9. The van der Waals surface area contributed by atoms with Crippen molar-refractivity contribution in [1.29, 1.82) is 0 Å². The predicted molar refractivity (Wildman–Crippen MR) is 122 cm³/mol. The van der Waals surface area contributed by atoms with Crippen LogP contribution < -0.4 is 15.4 Å². The first-order chi connectivity index (χ1) is 15.5. The highest BCUT2D eigenvalue weighted by Gasteiger charge is 2.16. The number of benzene rings is 2. The largest absolute Gasteiger partial charge is 0.435 e. The van der Waals surface area contributed by atoms with Crippen molar-refractivity contribution >= 4 is 29.3 Å². The summed E-state index contributed by atoms with van der Waals surface area (Å²) in [4.78, 5) is 25.9. The molecule has 0 heterocycles. The Balaban J connectivity index is 1.55.